The quantitative estimate of drug-likeness (QED) is 0.485. The van der Waals surface area contributed by atoms with Crippen LogP contribution in [-0.4, -0.2) is 81.4 Å². The molecule has 3 heterocycles. The van der Waals surface area contributed by atoms with Gasteiger partial charge in [-0.05, 0) is 32.2 Å². The van der Waals surface area contributed by atoms with E-state index in [1.54, 1.807) is 19.6 Å². The SMILES string of the molecule is CC[Si](C)(C)O[Si]1(C)O[Si]2(C)C[Si@]3(C)O[Si](C)(O[Si](C)(O)O[Si](C)(O3)O[Si@@](C)(OC)O2)O1. The molecule has 0 aromatic rings. The maximum absolute atomic E-state index is 11.2. The third-order valence-corrected chi connectivity index (χ3v) is 41.5. The molecule has 3 saturated heterocycles. The second-order valence-corrected chi connectivity index (χ2v) is 36.7. The second kappa shape index (κ2) is 8.42. The molecule has 1 N–H and O–H groups in total. The summed E-state index contributed by atoms with van der Waals surface area (Å²) in [4.78, 5) is 11.2. The Labute approximate surface area is 200 Å². The van der Waals surface area contributed by atoms with Gasteiger partial charge in [0.05, 0.1) is 0 Å². The summed E-state index contributed by atoms with van der Waals surface area (Å²) < 4.78 is 64.2. The fraction of sp³-hybridized carbons (Fsp3) is 1.00. The molecule has 0 aromatic carbocycles. The largest absolute Gasteiger partial charge is 0.481 e. The summed E-state index contributed by atoms with van der Waals surface area (Å²) >= 11 is 0. The monoisotopic (exact) mass is 594 g/mol. The van der Waals surface area contributed by atoms with E-state index in [1.807, 2.05) is 19.6 Å². The van der Waals surface area contributed by atoms with Gasteiger partial charge in [0, 0.05) is 45.5 Å². The highest BCUT2D eigenvalue weighted by Crippen LogP contribution is 2.44. The van der Waals surface area contributed by atoms with Crippen molar-refractivity contribution >= 4 is 69.5 Å². The zero-order valence-corrected chi connectivity index (χ0v) is 28.9. The van der Waals surface area contributed by atoms with Gasteiger partial charge in [0.25, 0.3) is 0 Å². The van der Waals surface area contributed by atoms with E-state index in [0.717, 1.165) is 6.04 Å². The van der Waals surface area contributed by atoms with Crippen molar-refractivity contribution in [3.8, 4) is 0 Å². The first-order valence-electron chi connectivity index (χ1n) is 10.8. The van der Waals surface area contributed by atoms with Crippen molar-refractivity contribution in [1.29, 1.82) is 0 Å². The van der Waals surface area contributed by atoms with Gasteiger partial charge in [-0.15, -0.1) is 0 Å². The molecule has 4 bridgehead atoms. The fourth-order valence-corrected chi connectivity index (χ4v) is 48.7. The van der Waals surface area contributed by atoms with E-state index in [9.17, 15) is 4.80 Å². The van der Waals surface area contributed by atoms with Crippen LogP contribution in [0.3, 0.4) is 0 Å². The zero-order chi connectivity index (χ0) is 24.5. The normalized spacial score (nSPS) is 52.5. The Morgan fingerprint density at radius 2 is 1.16 bits per heavy atom. The van der Waals surface area contributed by atoms with Crippen molar-refractivity contribution in [1.82, 2.24) is 0 Å². The Balaban J connectivity index is 2.18. The molecule has 3 aliphatic heterocycles. The lowest BCUT2D eigenvalue weighted by atomic mass is 11.0. The van der Waals surface area contributed by atoms with Crippen molar-refractivity contribution in [2.75, 3.05) is 7.11 Å². The van der Waals surface area contributed by atoms with Gasteiger partial charge in [-0.2, -0.15) is 0 Å². The second-order valence-electron chi connectivity index (χ2n) is 10.0. The molecule has 19 heteroatoms. The van der Waals surface area contributed by atoms with Gasteiger partial charge >= 0.3 is 61.1 Å². The highest BCUT2D eigenvalue weighted by molar-refractivity contribution is 7.02. The molecule has 11 nitrogen and oxygen atoms in total. The molecule has 3 rings (SSSR count). The van der Waals surface area contributed by atoms with Crippen LogP contribution in [-0.2, 0) is 41.5 Å². The van der Waals surface area contributed by atoms with E-state index in [2.05, 4.69) is 20.0 Å². The summed E-state index contributed by atoms with van der Waals surface area (Å²) in [6, 6.07) is 0.879. The lowest BCUT2D eigenvalue weighted by Gasteiger charge is -2.55. The van der Waals surface area contributed by atoms with Crippen LogP contribution in [0.25, 0.3) is 0 Å². The maximum atomic E-state index is 11.2. The molecular formula is C13H38O11Si8. The maximum Gasteiger partial charge on any atom is 0.481 e. The Morgan fingerprint density at radius 1 is 0.719 bits per heavy atom. The molecule has 0 aromatic heterocycles. The molecule has 5 unspecified atom stereocenters. The zero-order valence-electron chi connectivity index (χ0n) is 20.9. The fourth-order valence-electron chi connectivity index (χ4n) is 4.59. The van der Waals surface area contributed by atoms with Gasteiger partial charge in [-0.1, -0.05) is 6.92 Å². The molecule has 0 aliphatic carbocycles. The van der Waals surface area contributed by atoms with Crippen LogP contribution in [0.1, 0.15) is 6.92 Å². The Bertz CT molecular complexity index is 751. The van der Waals surface area contributed by atoms with E-state index in [4.69, 9.17) is 41.5 Å². The highest BCUT2D eigenvalue weighted by atomic mass is 28.6. The minimum Gasteiger partial charge on any atom is -0.417 e. The van der Waals surface area contributed by atoms with Gasteiger partial charge in [-0.25, -0.2) is 0 Å². The van der Waals surface area contributed by atoms with Gasteiger partial charge in [0.1, 0.15) is 0 Å². The van der Waals surface area contributed by atoms with Gasteiger partial charge < -0.3 is 46.3 Å². The first kappa shape index (κ1) is 27.9. The summed E-state index contributed by atoms with van der Waals surface area (Å²) in [5, 5.41) is 0. The average molecular weight is 595 g/mol. The van der Waals surface area contributed by atoms with E-state index >= 15 is 0 Å². The number of hydrogen-bond donors (Lipinski definition) is 1. The smallest absolute Gasteiger partial charge is 0.417 e. The van der Waals surface area contributed by atoms with Crippen molar-refractivity contribution in [3.63, 3.8) is 0 Å². The molecule has 0 saturated carbocycles. The Kier molecular flexibility index (Phi) is 7.33. The molecule has 7 atom stereocenters. The molecule has 0 radical (unpaired) electrons. The van der Waals surface area contributed by atoms with Crippen molar-refractivity contribution in [2.45, 2.75) is 77.6 Å². The molecule has 0 amide bonds. The summed E-state index contributed by atoms with van der Waals surface area (Å²) in [6.07, 6.45) is 0. The van der Waals surface area contributed by atoms with Crippen molar-refractivity contribution in [2.24, 2.45) is 0 Å². The van der Waals surface area contributed by atoms with Crippen LogP contribution in [0.2, 0.25) is 70.6 Å². The summed E-state index contributed by atoms with van der Waals surface area (Å²) in [6.45, 7) is 18.8. The molecule has 3 fully saturated rings. The van der Waals surface area contributed by atoms with Crippen LogP contribution in [0.5, 0.6) is 0 Å². The van der Waals surface area contributed by atoms with Crippen molar-refractivity contribution < 1.29 is 46.3 Å². The van der Waals surface area contributed by atoms with Crippen LogP contribution in [0.15, 0.2) is 0 Å². The van der Waals surface area contributed by atoms with Crippen LogP contribution >= 0.6 is 0 Å². The third kappa shape index (κ3) is 6.34. The lowest BCUT2D eigenvalue weighted by Crippen LogP contribution is -2.79. The van der Waals surface area contributed by atoms with Crippen LogP contribution in [0, 0.1) is 0 Å². The van der Waals surface area contributed by atoms with Crippen molar-refractivity contribution in [3.05, 3.63) is 0 Å². The third-order valence-electron chi connectivity index (χ3n) is 5.42. The first-order chi connectivity index (χ1) is 14.2. The topological polar surface area (TPSA) is 113 Å². The van der Waals surface area contributed by atoms with Gasteiger partial charge in [-0.3, -0.25) is 0 Å². The molecule has 188 valence electrons. The minimum absolute atomic E-state index is 0.445. The molecular weight excluding hydrogens is 557 g/mol. The Hall–Kier alpha value is 1.30. The molecule has 32 heavy (non-hydrogen) atoms. The summed E-state index contributed by atoms with van der Waals surface area (Å²) in [5.74, 6) is 0. The van der Waals surface area contributed by atoms with E-state index in [1.165, 1.54) is 13.7 Å². The number of hydrogen-bond acceptors (Lipinski definition) is 11. The lowest BCUT2D eigenvalue weighted by molar-refractivity contribution is 0.0636. The van der Waals surface area contributed by atoms with Gasteiger partial charge in [0.15, 0.2) is 8.32 Å². The predicted octanol–water partition coefficient (Wildman–Crippen LogP) is 2.57. The van der Waals surface area contributed by atoms with Gasteiger partial charge in [0.2, 0.25) is 0 Å². The van der Waals surface area contributed by atoms with E-state index < -0.39 is 69.5 Å². The summed E-state index contributed by atoms with van der Waals surface area (Å²) in [5.41, 5.74) is 0.445. The van der Waals surface area contributed by atoms with E-state index in [-0.39, 0.29) is 0 Å². The number of rotatable bonds is 4. The van der Waals surface area contributed by atoms with Crippen LogP contribution in [0.4, 0.5) is 0 Å². The van der Waals surface area contributed by atoms with Crippen LogP contribution < -0.4 is 0 Å². The summed E-state index contributed by atoms with van der Waals surface area (Å²) in [7, 11) is -24.0. The Morgan fingerprint density at radius 3 is 1.62 bits per heavy atom. The van der Waals surface area contributed by atoms with E-state index in [0.29, 0.717) is 5.67 Å². The highest BCUT2D eigenvalue weighted by Gasteiger charge is 2.70. The predicted molar refractivity (Wildman–Crippen MR) is 133 cm³/mol. The number of fused-ring (bicyclic) bond motifs is 3. The average Bonchev–Trinajstić information content (AvgIpc) is 2.46. The minimum atomic E-state index is -3.79. The first-order valence-corrected chi connectivity index (χ1v) is 30.1. The standard InChI is InChI=1S/C13H38O11Si8/c1-12-25(3,4)16-30(9)18-26(5)13-27(6)19-31(10,23-29(8,15-2)17-26)21-28(7,14)22-32(11,20-27)24-30/h14H,12-13H2,1-11H3/t26?,27-,28?,29-,30?,31?,32?/m0/s1. The molecule has 0 spiro atoms. The molecule has 3 aliphatic rings.